The van der Waals surface area contributed by atoms with Crippen LogP contribution in [0.5, 0.6) is 0 Å². The topological polar surface area (TPSA) is 34.0 Å². The number of hydrogen-bond donors (Lipinski definition) is 1. The smallest absolute Gasteiger partial charge is 0.315 e. The van der Waals surface area contributed by atoms with Crippen LogP contribution in [-0.4, -0.2) is 44.8 Å². The van der Waals surface area contributed by atoms with E-state index in [0.717, 1.165) is 45.6 Å². The van der Waals surface area contributed by atoms with Crippen LogP contribution in [0.25, 0.3) is 0 Å². The highest BCUT2D eigenvalue weighted by Gasteiger charge is 2.52. The lowest BCUT2D eigenvalue weighted by atomic mass is 9.62. The molecule has 0 spiro atoms. The molecule has 1 N–H and O–H groups in total. The molecule has 0 bridgehead atoms. The average Bonchev–Trinajstić information content (AvgIpc) is 3.03. The molecule has 0 saturated carbocycles. The van der Waals surface area contributed by atoms with Gasteiger partial charge in [0.25, 0.3) is 0 Å². The lowest BCUT2D eigenvalue weighted by Gasteiger charge is -2.43. The van der Waals surface area contributed by atoms with E-state index in [-0.39, 0.29) is 29.3 Å². The van der Waals surface area contributed by atoms with Gasteiger partial charge < -0.3 is 14.5 Å². The van der Waals surface area contributed by atoms with Crippen LogP contribution in [0.1, 0.15) is 44.2 Å². The van der Waals surface area contributed by atoms with Gasteiger partial charge in [0.2, 0.25) is 0 Å². The zero-order valence-corrected chi connectivity index (χ0v) is 19.5. The van der Waals surface area contributed by atoms with Crippen molar-refractivity contribution in [2.75, 3.05) is 37.6 Å². The normalized spacial score (nSPS) is 33.4. The Morgan fingerprint density at radius 2 is 1.97 bits per heavy atom. The standard InChI is InChI=1S/C27H36N2O2/c1-18-7-5-9-24(20(18)3)29-13-11-28(12-14-29)17-22-21-15-23-19(2)8-6-10-27(23,4)16-25(21)31-26(22)30/h5,7-9,15,21-22,25H,6,10-14,16-17H2,1-4H3/p+1. The second-order valence-electron chi connectivity index (χ2n) is 10.6. The van der Waals surface area contributed by atoms with E-state index in [1.807, 2.05) is 0 Å². The molecule has 4 aliphatic rings. The maximum absolute atomic E-state index is 12.9. The van der Waals surface area contributed by atoms with E-state index < -0.39 is 0 Å². The number of quaternary nitrogens is 1. The number of carbonyl (C=O) groups excluding carboxylic acids is 1. The van der Waals surface area contributed by atoms with Crippen LogP contribution in [0.15, 0.2) is 41.5 Å². The van der Waals surface area contributed by atoms with Crippen molar-refractivity contribution in [3.8, 4) is 0 Å². The molecule has 166 valence electrons. The summed E-state index contributed by atoms with van der Waals surface area (Å²) in [4.78, 5) is 17.0. The number of benzene rings is 1. The minimum absolute atomic E-state index is 0.0130. The molecule has 4 unspecified atom stereocenters. The number of allylic oxidation sites excluding steroid dienone is 3. The van der Waals surface area contributed by atoms with Gasteiger partial charge in [-0.1, -0.05) is 36.8 Å². The van der Waals surface area contributed by atoms with Gasteiger partial charge in [0, 0.05) is 11.6 Å². The Hall–Kier alpha value is -2.07. The SMILES string of the molecule is CC1=CCCC2(C)CC3OC(=O)C(C[NH+]4CCN(c5cccc(C)c5C)CC4)C3C=C12. The van der Waals surface area contributed by atoms with Gasteiger partial charge in [0.15, 0.2) is 0 Å². The molecule has 0 radical (unpaired) electrons. The lowest BCUT2D eigenvalue weighted by Crippen LogP contribution is -3.15. The molecular weight excluding hydrogens is 384 g/mol. The number of esters is 1. The summed E-state index contributed by atoms with van der Waals surface area (Å²) < 4.78 is 5.96. The van der Waals surface area contributed by atoms with Crippen LogP contribution < -0.4 is 9.80 Å². The summed E-state index contributed by atoms with van der Waals surface area (Å²) in [5.74, 6) is 0.306. The van der Waals surface area contributed by atoms with Gasteiger partial charge in [-0.3, -0.25) is 4.79 Å². The van der Waals surface area contributed by atoms with Crippen molar-refractivity contribution < 1.29 is 14.4 Å². The number of carbonyl (C=O) groups is 1. The molecule has 1 aromatic rings. The summed E-state index contributed by atoms with van der Waals surface area (Å²) in [6, 6.07) is 6.60. The highest BCUT2D eigenvalue weighted by atomic mass is 16.6. The summed E-state index contributed by atoms with van der Waals surface area (Å²) in [6.45, 7) is 14.2. The Morgan fingerprint density at radius 1 is 1.19 bits per heavy atom. The van der Waals surface area contributed by atoms with E-state index in [0.29, 0.717) is 0 Å². The van der Waals surface area contributed by atoms with Crippen LogP contribution in [0.4, 0.5) is 5.69 Å². The van der Waals surface area contributed by atoms with Gasteiger partial charge in [-0.25, -0.2) is 0 Å². The van der Waals surface area contributed by atoms with E-state index in [1.54, 1.807) is 4.90 Å². The number of rotatable bonds is 3. The highest BCUT2D eigenvalue weighted by molar-refractivity contribution is 5.76. The Balaban J connectivity index is 1.28. The van der Waals surface area contributed by atoms with E-state index in [4.69, 9.17) is 4.74 Å². The van der Waals surface area contributed by atoms with Crippen molar-refractivity contribution in [3.05, 3.63) is 52.6 Å². The van der Waals surface area contributed by atoms with Gasteiger partial charge in [-0.15, -0.1) is 0 Å². The fraction of sp³-hybridized carbons (Fsp3) is 0.593. The number of aryl methyl sites for hydroxylation is 1. The minimum Gasteiger partial charge on any atom is -0.461 e. The molecule has 5 rings (SSSR count). The zero-order chi connectivity index (χ0) is 21.8. The predicted octanol–water partition coefficient (Wildman–Crippen LogP) is 3.24. The molecule has 2 fully saturated rings. The number of fused-ring (bicyclic) bond motifs is 2. The third kappa shape index (κ3) is 3.63. The minimum atomic E-state index is 0.0130. The van der Waals surface area contributed by atoms with Crippen molar-refractivity contribution in [2.45, 2.75) is 53.1 Å². The molecule has 4 heteroatoms. The van der Waals surface area contributed by atoms with Crippen molar-refractivity contribution in [3.63, 3.8) is 0 Å². The first kappa shape index (κ1) is 20.8. The number of ether oxygens (including phenoxy) is 1. The summed E-state index contributed by atoms with van der Waals surface area (Å²) in [5.41, 5.74) is 7.20. The number of nitrogens with zero attached hydrogens (tertiary/aromatic N) is 1. The number of piperazine rings is 1. The van der Waals surface area contributed by atoms with Crippen molar-refractivity contribution in [1.29, 1.82) is 0 Å². The largest absolute Gasteiger partial charge is 0.461 e. The number of hydrogen-bond acceptors (Lipinski definition) is 3. The first-order chi connectivity index (χ1) is 14.9. The molecule has 1 aromatic carbocycles. The van der Waals surface area contributed by atoms with E-state index in [9.17, 15) is 4.79 Å². The van der Waals surface area contributed by atoms with E-state index >= 15 is 0 Å². The second-order valence-corrected chi connectivity index (χ2v) is 10.6. The molecule has 0 amide bonds. The Morgan fingerprint density at radius 3 is 2.74 bits per heavy atom. The van der Waals surface area contributed by atoms with Crippen molar-refractivity contribution in [1.82, 2.24) is 0 Å². The van der Waals surface area contributed by atoms with Crippen molar-refractivity contribution >= 4 is 11.7 Å². The van der Waals surface area contributed by atoms with Crippen LogP contribution in [-0.2, 0) is 9.53 Å². The van der Waals surface area contributed by atoms with Crippen molar-refractivity contribution in [2.24, 2.45) is 17.3 Å². The fourth-order valence-corrected chi connectivity index (χ4v) is 6.52. The number of anilines is 1. The second kappa shape index (κ2) is 7.81. The quantitative estimate of drug-likeness (QED) is 0.761. The molecule has 2 heterocycles. The van der Waals surface area contributed by atoms with Crippen LogP contribution in [0.2, 0.25) is 0 Å². The average molecular weight is 422 g/mol. The van der Waals surface area contributed by atoms with Gasteiger partial charge >= 0.3 is 5.97 Å². The third-order valence-corrected chi connectivity index (χ3v) is 8.59. The Bertz CT molecular complexity index is 941. The summed E-state index contributed by atoms with van der Waals surface area (Å²) in [6.07, 6.45) is 8.19. The maximum Gasteiger partial charge on any atom is 0.315 e. The Kier molecular flexibility index (Phi) is 5.24. The maximum atomic E-state index is 12.9. The van der Waals surface area contributed by atoms with Crippen LogP contribution in [0, 0.1) is 31.1 Å². The van der Waals surface area contributed by atoms with Gasteiger partial charge in [-0.2, -0.15) is 0 Å². The molecule has 4 atom stereocenters. The van der Waals surface area contributed by atoms with Crippen LogP contribution >= 0.6 is 0 Å². The first-order valence-corrected chi connectivity index (χ1v) is 12.1. The third-order valence-electron chi connectivity index (χ3n) is 8.59. The van der Waals surface area contributed by atoms with Crippen LogP contribution in [0.3, 0.4) is 0 Å². The first-order valence-electron chi connectivity index (χ1n) is 12.1. The molecule has 0 aromatic heterocycles. The molecule has 31 heavy (non-hydrogen) atoms. The van der Waals surface area contributed by atoms with Gasteiger partial charge in [0.1, 0.15) is 12.0 Å². The number of nitrogens with one attached hydrogen (secondary N) is 1. The molecule has 4 nitrogen and oxygen atoms in total. The monoisotopic (exact) mass is 421 g/mol. The fourth-order valence-electron chi connectivity index (χ4n) is 6.52. The molecular formula is C27H37N2O2+. The summed E-state index contributed by atoms with van der Waals surface area (Å²) >= 11 is 0. The molecule has 2 aliphatic carbocycles. The molecule has 2 aliphatic heterocycles. The highest BCUT2D eigenvalue weighted by Crippen LogP contribution is 2.52. The van der Waals surface area contributed by atoms with Gasteiger partial charge in [-0.05, 0) is 68.2 Å². The molecule has 2 saturated heterocycles. The Labute approximate surface area is 186 Å². The van der Waals surface area contributed by atoms with Gasteiger partial charge in [0.05, 0.1) is 32.7 Å². The zero-order valence-electron chi connectivity index (χ0n) is 19.5. The summed E-state index contributed by atoms with van der Waals surface area (Å²) in [7, 11) is 0. The summed E-state index contributed by atoms with van der Waals surface area (Å²) in [5, 5.41) is 0. The predicted molar refractivity (Wildman–Crippen MR) is 124 cm³/mol. The van der Waals surface area contributed by atoms with E-state index in [2.05, 4.69) is 62.9 Å². The van der Waals surface area contributed by atoms with E-state index in [1.165, 1.54) is 34.4 Å². The lowest BCUT2D eigenvalue weighted by molar-refractivity contribution is -0.903.